The highest BCUT2D eigenvalue weighted by Gasteiger charge is 2.35. The molecule has 1 aromatic carbocycles. The summed E-state index contributed by atoms with van der Waals surface area (Å²) in [6, 6.07) is 5.67. The first-order chi connectivity index (χ1) is 16.7. The third-order valence-electron chi connectivity index (χ3n) is 6.24. The molecule has 1 aliphatic heterocycles. The molecule has 1 atom stereocenters. The number of pyridine rings is 1. The lowest BCUT2D eigenvalue weighted by atomic mass is 9.91. The van der Waals surface area contributed by atoms with Gasteiger partial charge in [-0.25, -0.2) is 13.2 Å². The van der Waals surface area contributed by atoms with Crippen LogP contribution in [0.5, 0.6) is 0 Å². The number of hydrogen-bond acceptors (Lipinski definition) is 7. The summed E-state index contributed by atoms with van der Waals surface area (Å²) in [5.41, 5.74) is -1.79. The fourth-order valence-electron chi connectivity index (χ4n) is 3.76. The molecule has 1 aromatic heterocycles. The van der Waals surface area contributed by atoms with Crippen LogP contribution in [0.1, 0.15) is 54.4 Å². The lowest BCUT2D eigenvalue weighted by Crippen LogP contribution is -2.41. The molecule has 11 heteroatoms. The number of carbonyl (C=O) groups is 2. The van der Waals surface area contributed by atoms with E-state index in [-0.39, 0.29) is 41.5 Å². The molecule has 1 aliphatic rings. The van der Waals surface area contributed by atoms with E-state index in [0.29, 0.717) is 12.8 Å². The number of sulfonamides is 1. The van der Waals surface area contributed by atoms with Gasteiger partial charge in [-0.2, -0.15) is 4.31 Å². The van der Waals surface area contributed by atoms with E-state index in [1.807, 2.05) is 6.92 Å². The fraction of sp³-hybridized carbons (Fsp3) is 0.560. The van der Waals surface area contributed by atoms with Gasteiger partial charge in [0.2, 0.25) is 10.0 Å². The molecule has 1 amide bonds. The zero-order chi connectivity index (χ0) is 26.9. The second kappa shape index (κ2) is 10.2. The van der Waals surface area contributed by atoms with Crippen molar-refractivity contribution in [2.75, 3.05) is 13.1 Å². The first kappa shape index (κ1) is 27.7. The maximum Gasteiger partial charge on any atom is 0.407 e. The van der Waals surface area contributed by atoms with Gasteiger partial charge in [0, 0.05) is 36.1 Å². The molecular formula is C25H35N3O7S. The van der Waals surface area contributed by atoms with Crippen molar-refractivity contribution in [3.63, 3.8) is 0 Å². The first-order valence-electron chi connectivity index (χ1n) is 11.9. The number of nitrogens with one attached hydrogen (secondary N) is 1. The van der Waals surface area contributed by atoms with Gasteiger partial charge in [-0.3, -0.25) is 14.2 Å². The Morgan fingerprint density at radius 2 is 1.81 bits per heavy atom. The molecule has 0 aliphatic carbocycles. The number of fused-ring (bicyclic) bond motifs is 1. The summed E-state index contributed by atoms with van der Waals surface area (Å²) in [6.07, 6.45) is 1.85. The van der Waals surface area contributed by atoms with E-state index < -0.39 is 38.7 Å². The first-order valence-corrected chi connectivity index (χ1v) is 13.4. The van der Waals surface area contributed by atoms with E-state index in [1.165, 1.54) is 33.3 Å². The molecule has 0 spiro atoms. The Morgan fingerprint density at radius 3 is 2.44 bits per heavy atom. The SMILES string of the molecule is CCC(C)(C)C(=O)OCn1ccc2c(S(=O)(=O)N3CCC(NC(=O)OC(C)(C)C)C3)cccc2c1=O. The number of amides is 1. The van der Waals surface area contributed by atoms with Crippen molar-refractivity contribution in [3.8, 4) is 0 Å². The largest absolute Gasteiger partial charge is 0.444 e. The predicted octanol–water partition coefficient (Wildman–Crippen LogP) is 3.23. The molecule has 0 radical (unpaired) electrons. The third-order valence-corrected chi connectivity index (χ3v) is 8.16. The van der Waals surface area contributed by atoms with Gasteiger partial charge in [-0.05, 0) is 65.7 Å². The highest BCUT2D eigenvalue weighted by atomic mass is 32.2. The van der Waals surface area contributed by atoms with E-state index in [1.54, 1.807) is 40.7 Å². The number of benzene rings is 1. The molecule has 2 aromatic rings. The number of alkyl carbamates (subject to hydrolysis) is 1. The Morgan fingerprint density at radius 1 is 1.11 bits per heavy atom. The van der Waals surface area contributed by atoms with E-state index in [9.17, 15) is 22.8 Å². The van der Waals surface area contributed by atoms with E-state index in [2.05, 4.69) is 5.32 Å². The molecule has 10 nitrogen and oxygen atoms in total. The Labute approximate surface area is 211 Å². The van der Waals surface area contributed by atoms with Crippen molar-refractivity contribution in [2.24, 2.45) is 5.41 Å². The quantitative estimate of drug-likeness (QED) is 0.555. The smallest absolute Gasteiger partial charge is 0.407 e. The van der Waals surface area contributed by atoms with Crippen LogP contribution in [0.2, 0.25) is 0 Å². The van der Waals surface area contributed by atoms with Crippen molar-refractivity contribution in [1.82, 2.24) is 14.2 Å². The summed E-state index contributed by atoms with van der Waals surface area (Å²) in [7, 11) is -3.94. The molecule has 1 N–H and O–H groups in total. The van der Waals surface area contributed by atoms with Crippen molar-refractivity contribution < 1.29 is 27.5 Å². The predicted molar refractivity (Wildman–Crippen MR) is 135 cm³/mol. The molecule has 1 unspecified atom stereocenters. The Kier molecular flexibility index (Phi) is 7.85. The van der Waals surface area contributed by atoms with Gasteiger partial charge in [-0.1, -0.05) is 13.0 Å². The van der Waals surface area contributed by atoms with Crippen molar-refractivity contribution >= 4 is 32.9 Å². The van der Waals surface area contributed by atoms with Gasteiger partial charge in [0.1, 0.15) is 5.60 Å². The lowest BCUT2D eigenvalue weighted by molar-refractivity contribution is -0.158. The number of carbonyl (C=O) groups excluding carboxylic acids is 2. The Balaban J connectivity index is 1.81. The Hall–Kier alpha value is -2.92. The van der Waals surface area contributed by atoms with Crippen LogP contribution in [0, 0.1) is 5.41 Å². The van der Waals surface area contributed by atoms with Crippen LogP contribution in [-0.2, 0) is 31.0 Å². The standard InChI is InChI=1S/C25H35N3O7S/c1-7-25(5,6)22(30)34-16-27-13-12-18-19(21(27)29)9-8-10-20(18)36(32,33)28-14-11-17(15-28)26-23(31)35-24(2,3)4/h8-10,12-13,17H,7,11,14-16H2,1-6H3,(H,26,31). The van der Waals surface area contributed by atoms with E-state index in [4.69, 9.17) is 9.47 Å². The van der Waals surface area contributed by atoms with Crippen LogP contribution >= 0.6 is 0 Å². The van der Waals surface area contributed by atoms with Gasteiger partial charge >= 0.3 is 12.1 Å². The molecule has 2 heterocycles. The summed E-state index contributed by atoms with van der Waals surface area (Å²) in [6.45, 7) is 10.7. The lowest BCUT2D eigenvalue weighted by Gasteiger charge is -2.22. The second-order valence-electron chi connectivity index (χ2n) is 10.6. The summed E-state index contributed by atoms with van der Waals surface area (Å²) in [4.78, 5) is 37.4. The molecular weight excluding hydrogens is 486 g/mol. The number of esters is 1. The maximum absolute atomic E-state index is 13.5. The average Bonchev–Trinajstić information content (AvgIpc) is 3.26. The minimum Gasteiger partial charge on any atom is -0.444 e. The minimum absolute atomic E-state index is 0.00581. The number of rotatable bonds is 7. The van der Waals surface area contributed by atoms with E-state index >= 15 is 0 Å². The molecule has 0 bridgehead atoms. The van der Waals surface area contributed by atoms with Crippen LogP contribution < -0.4 is 10.9 Å². The number of hydrogen-bond donors (Lipinski definition) is 1. The van der Waals surface area contributed by atoms with Crippen molar-refractivity contribution in [2.45, 2.75) is 77.7 Å². The highest BCUT2D eigenvalue weighted by molar-refractivity contribution is 7.89. The molecule has 1 saturated heterocycles. The maximum atomic E-state index is 13.5. The second-order valence-corrected chi connectivity index (χ2v) is 12.5. The van der Waals surface area contributed by atoms with Gasteiger partial charge in [0.05, 0.1) is 10.3 Å². The number of ether oxygens (including phenoxy) is 2. The Bertz CT molecular complexity index is 1310. The molecule has 3 rings (SSSR count). The van der Waals surface area contributed by atoms with Gasteiger partial charge in [0.25, 0.3) is 5.56 Å². The van der Waals surface area contributed by atoms with Crippen LogP contribution in [0.4, 0.5) is 4.79 Å². The molecule has 36 heavy (non-hydrogen) atoms. The monoisotopic (exact) mass is 521 g/mol. The third kappa shape index (κ3) is 6.07. The fourth-order valence-corrected chi connectivity index (χ4v) is 5.47. The summed E-state index contributed by atoms with van der Waals surface area (Å²) < 4.78 is 40.0. The number of aromatic nitrogens is 1. The molecule has 198 valence electrons. The molecule has 0 saturated carbocycles. The zero-order valence-electron chi connectivity index (χ0n) is 21.7. The van der Waals surface area contributed by atoms with Gasteiger partial charge < -0.3 is 14.8 Å². The van der Waals surface area contributed by atoms with Crippen molar-refractivity contribution in [3.05, 3.63) is 40.8 Å². The zero-order valence-corrected chi connectivity index (χ0v) is 22.5. The molecule has 1 fully saturated rings. The summed E-state index contributed by atoms with van der Waals surface area (Å²) >= 11 is 0. The van der Waals surface area contributed by atoms with Crippen LogP contribution in [0.25, 0.3) is 10.8 Å². The van der Waals surface area contributed by atoms with E-state index in [0.717, 1.165) is 0 Å². The van der Waals surface area contributed by atoms with Crippen LogP contribution in [-0.4, -0.2) is 54.1 Å². The highest BCUT2D eigenvalue weighted by Crippen LogP contribution is 2.27. The van der Waals surface area contributed by atoms with Crippen molar-refractivity contribution in [1.29, 1.82) is 0 Å². The normalized spacial score (nSPS) is 17.2. The summed E-state index contributed by atoms with van der Waals surface area (Å²) in [5, 5.41) is 3.20. The van der Waals surface area contributed by atoms with Gasteiger partial charge in [0.15, 0.2) is 6.73 Å². The van der Waals surface area contributed by atoms with Crippen LogP contribution in [0.15, 0.2) is 40.2 Å². The average molecular weight is 522 g/mol. The van der Waals surface area contributed by atoms with Gasteiger partial charge in [-0.15, -0.1) is 0 Å². The topological polar surface area (TPSA) is 124 Å². The number of nitrogens with zero attached hydrogens (tertiary/aromatic N) is 2. The van der Waals surface area contributed by atoms with Crippen LogP contribution in [0.3, 0.4) is 0 Å². The summed E-state index contributed by atoms with van der Waals surface area (Å²) in [5.74, 6) is -0.420. The minimum atomic E-state index is -3.94.